The molecule has 0 amide bonds. The van der Waals surface area contributed by atoms with E-state index in [0.717, 1.165) is 108 Å². The molecule has 0 saturated carbocycles. The number of aliphatic hydroxyl groups excluding tert-OH is 1. The van der Waals surface area contributed by atoms with Crippen LogP contribution < -0.4 is 0 Å². The highest BCUT2D eigenvalue weighted by atomic mass is 31.2. The number of ether oxygens (including phenoxy) is 4. The van der Waals surface area contributed by atoms with E-state index in [0.29, 0.717) is 31.6 Å². The summed E-state index contributed by atoms with van der Waals surface area (Å²) in [5, 5.41) is 10.6. The molecule has 17 nitrogen and oxygen atoms in total. The molecular formula is C80H156O17P2. The summed E-state index contributed by atoms with van der Waals surface area (Å²) in [4.78, 5) is 72.9. The molecule has 99 heavy (non-hydrogen) atoms. The minimum absolute atomic E-state index is 0.103. The Morgan fingerprint density at radius 1 is 0.293 bits per heavy atom. The SMILES string of the molecule is CCCCCCCCCCCCCCCCCCCC(=O)OC[C@H](COP(=O)(O)OC[C@@H](O)COP(=O)(O)OC[C@@H](COC(=O)CCCCCCCCC(C)CC)OC(=O)CCCCCCCCCC(C)C)OC(=O)CCCCCCCCCCCCCCCCCCCCC(C)CC. The fourth-order valence-electron chi connectivity index (χ4n) is 12.2. The summed E-state index contributed by atoms with van der Waals surface area (Å²) in [5.74, 6) is 0.180. The van der Waals surface area contributed by atoms with E-state index in [1.165, 1.54) is 218 Å². The van der Waals surface area contributed by atoms with Crippen molar-refractivity contribution < 1.29 is 80.2 Å². The van der Waals surface area contributed by atoms with E-state index in [2.05, 4.69) is 48.5 Å². The molecule has 0 radical (unpaired) electrons. The quantitative estimate of drug-likeness (QED) is 0.0222. The predicted octanol–water partition coefficient (Wildman–Crippen LogP) is 23.7. The summed E-state index contributed by atoms with van der Waals surface area (Å²) >= 11 is 0. The molecule has 0 rings (SSSR count). The number of carbonyl (C=O) groups is 4. The van der Waals surface area contributed by atoms with Crippen LogP contribution in [0.25, 0.3) is 0 Å². The van der Waals surface area contributed by atoms with Gasteiger partial charge in [0.2, 0.25) is 0 Å². The molecule has 0 heterocycles. The second-order valence-corrected chi connectivity index (χ2v) is 32.7. The van der Waals surface area contributed by atoms with Crippen molar-refractivity contribution in [3.63, 3.8) is 0 Å². The number of hydrogen-bond acceptors (Lipinski definition) is 15. The molecule has 4 unspecified atom stereocenters. The van der Waals surface area contributed by atoms with Gasteiger partial charge in [-0.15, -0.1) is 0 Å². The molecule has 588 valence electrons. The van der Waals surface area contributed by atoms with Gasteiger partial charge in [0.1, 0.15) is 19.3 Å². The summed E-state index contributed by atoms with van der Waals surface area (Å²) in [5.41, 5.74) is 0. The van der Waals surface area contributed by atoms with Crippen molar-refractivity contribution in [3.8, 4) is 0 Å². The van der Waals surface area contributed by atoms with Crippen LogP contribution in [-0.4, -0.2) is 96.7 Å². The first-order chi connectivity index (χ1) is 47.8. The number of unbranched alkanes of at least 4 members (excludes halogenated alkanes) is 44. The second kappa shape index (κ2) is 70.4. The number of aliphatic hydroxyl groups is 1. The van der Waals surface area contributed by atoms with E-state index >= 15 is 0 Å². The highest BCUT2D eigenvalue weighted by molar-refractivity contribution is 7.47. The summed E-state index contributed by atoms with van der Waals surface area (Å²) in [7, 11) is -9.92. The molecule has 0 aromatic heterocycles. The van der Waals surface area contributed by atoms with Crippen molar-refractivity contribution in [1.82, 2.24) is 0 Å². The summed E-state index contributed by atoms with van der Waals surface area (Å²) in [6, 6.07) is 0. The molecule has 19 heteroatoms. The molecule has 7 atom stereocenters. The molecule has 0 saturated heterocycles. The Hall–Kier alpha value is -1.94. The van der Waals surface area contributed by atoms with Crippen LogP contribution in [0, 0.1) is 17.8 Å². The Morgan fingerprint density at radius 2 is 0.515 bits per heavy atom. The van der Waals surface area contributed by atoms with Gasteiger partial charge in [0.15, 0.2) is 12.2 Å². The summed E-state index contributed by atoms with van der Waals surface area (Å²) in [6.07, 6.45) is 58.5. The van der Waals surface area contributed by atoms with Crippen LogP contribution in [0.3, 0.4) is 0 Å². The van der Waals surface area contributed by atoms with Crippen molar-refractivity contribution in [2.75, 3.05) is 39.6 Å². The van der Waals surface area contributed by atoms with Crippen molar-refractivity contribution in [1.29, 1.82) is 0 Å². The van der Waals surface area contributed by atoms with Crippen LogP contribution in [-0.2, 0) is 65.4 Å². The van der Waals surface area contributed by atoms with E-state index in [-0.39, 0.29) is 25.7 Å². The van der Waals surface area contributed by atoms with Crippen LogP contribution in [0.15, 0.2) is 0 Å². The standard InChI is InChI=1S/C80H156O17P2/c1-8-11-12-13-14-15-16-17-18-21-25-28-31-34-39-47-54-61-77(82)90-67-75(96-79(84)63-56-49-40-35-32-29-26-23-20-19-22-24-27-30-33-38-45-52-59-72(6)9-2)69-94-98(86,87)92-65-74(81)66-93-99(88,89)95-70-76(97-80(85)64-57-50-41-36-37-44-51-58-71(4)5)68-91-78(83)62-55-48-43-42-46-53-60-73(7)10-3/h71-76,81H,8-70H2,1-7H3,(H,86,87)(H,88,89)/t72?,73?,74-,75-,76-/m1/s1. The number of esters is 4. The zero-order valence-corrected chi connectivity index (χ0v) is 66.8. The third kappa shape index (κ3) is 71.5. The third-order valence-electron chi connectivity index (χ3n) is 19.4. The average molecular weight is 1450 g/mol. The average Bonchev–Trinajstić information content (AvgIpc) is 1.04. The van der Waals surface area contributed by atoms with E-state index < -0.39 is 97.5 Å². The smallest absolute Gasteiger partial charge is 0.462 e. The Bertz CT molecular complexity index is 1930. The fraction of sp³-hybridized carbons (Fsp3) is 0.950. The summed E-state index contributed by atoms with van der Waals surface area (Å²) in [6.45, 7) is 11.9. The van der Waals surface area contributed by atoms with Gasteiger partial charge in [0, 0.05) is 25.7 Å². The lowest BCUT2D eigenvalue weighted by molar-refractivity contribution is -0.161. The lowest BCUT2D eigenvalue weighted by atomic mass is 9.99. The Labute approximate surface area is 607 Å². The maximum atomic E-state index is 13.1. The lowest BCUT2D eigenvalue weighted by Gasteiger charge is -2.21. The molecule has 0 aromatic rings. The molecule has 0 spiro atoms. The van der Waals surface area contributed by atoms with Gasteiger partial charge < -0.3 is 33.8 Å². The van der Waals surface area contributed by atoms with E-state index in [9.17, 15) is 43.2 Å². The monoisotopic (exact) mass is 1450 g/mol. The molecule has 0 fully saturated rings. The van der Waals surface area contributed by atoms with Crippen molar-refractivity contribution in [2.45, 2.75) is 433 Å². The Kier molecular flexibility index (Phi) is 69.0. The maximum absolute atomic E-state index is 13.1. The van der Waals surface area contributed by atoms with Crippen molar-refractivity contribution in [2.24, 2.45) is 17.8 Å². The van der Waals surface area contributed by atoms with Gasteiger partial charge in [0.25, 0.3) is 0 Å². The lowest BCUT2D eigenvalue weighted by Crippen LogP contribution is -2.30. The number of hydrogen-bond donors (Lipinski definition) is 3. The molecule has 0 aliphatic heterocycles. The first-order valence-corrected chi connectivity index (χ1v) is 44.4. The third-order valence-corrected chi connectivity index (χ3v) is 21.3. The molecule has 0 aliphatic rings. The zero-order chi connectivity index (χ0) is 73.0. The van der Waals surface area contributed by atoms with Gasteiger partial charge in [-0.05, 0) is 43.4 Å². The van der Waals surface area contributed by atoms with Crippen molar-refractivity contribution in [3.05, 3.63) is 0 Å². The van der Waals surface area contributed by atoms with Crippen LogP contribution in [0.2, 0.25) is 0 Å². The van der Waals surface area contributed by atoms with E-state index in [1.54, 1.807) is 0 Å². The minimum Gasteiger partial charge on any atom is -0.462 e. The van der Waals surface area contributed by atoms with E-state index in [4.69, 9.17) is 37.0 Å². The first kappa shape index (κ1) is 97.1. The maximum Gasteiger partial charge on any atom is 0.472 e. The molecule has 0 bridgehead atoms. The highest BCUT2D eigenvalue weighted by Crippen LogP contribution is 2.45. The molecule has 0 aliphatic carbocycles. The van der Waals surface area contributed by atoms with Gasteiger partial charge in [-0.25, -0.2) is 9.13 Å². The van der Waals surface area contributed by atoms with E-state index in [1.807, 2.05) is 0 Å². The second-order valence-electron chi connectivity index (χ2n) is 29.8. The first-order valence-electron chi connectivity index (χ1n) is 41.4. The zero-order valence-electron chi connectivity index (χ0n) is 65.0. The predicted molar refractivity (Wildman–Crippen MR) is 405 cm³/mol. The van der Waals surface area contributed by atoms with Gasteiger partial charge >= 0.3 is 39.5 Å². The van der Waals surface area contributed by atoms with Crippen LogP contribution >= 0.6 is 15.6 Å². The van der Waals surface area contributed by atoms with Gasteiger partial charge in [-0.1, -0.05) is 363 Å². The highest BCUT2D eigenvalue weighted by Gasteiger charge is 2.30. The topological polar surface area (TPSA) is 237 Å². The van der Waals surface area contributed by atoms with Gasteiger partial charge in [-0.3, -0.25) is 37.3 Å². The van der Waals surface area contributed by atoms with Gasteiger partial charge in [0.05, 0.1) is 26.4 Å². The molecule has 0 aromatic carbocycles. The Morgan fingerprint density at radius 3 is 0.768 bits per heavy atom. The van der Waals surface area contributed by atoms with Crippen LogP contribution in [0.1, 0.15) is 414 Å². The normalized spacial score (nSPS) is 14.5. The minimum atomic E-state index is -4.96. The number of rotatable bonds is 78. The number of carbonyl (C=O) groups excluding carboxylic acids is 4. The number of phosphoric acid groups is 2. The largest absolute Gasteiger partial charge is 0.472 e. The Balaban J connectivity index is 5.19. The van der Waals surface area contributed by atoms with Crippen molar-refractivity contribution >= 4 is 39.5 Å². The fourth-order valence-corrected chi connectivity index (χ4v) is 13.8. The van der Waals surface area contributed by atoms with Crippen LogP contribution in [0.5, 0.6) is 0 Å². The van der Waals surface area contributed by atoms with Gasteiger partial charge in [-0.2, -0.15) is 0 Å². The number of phosphoric ester groups is 2. The molecular weight excluding hydrogens is 1290 g/mol. The van der Waals surface area contributed by atoms with Crippen LogP contribution in [0.4, 0.5) is 0 Å². The molecule has 3 N–H and O–H groups in total. The summed E-state index contributed by atoms with van der Waals surface area (Å²) < 4.78 is 68.6.